The molecular weight excluding hydrogens is 330 g/mol. The zero-order valence-electron chi connectivity index (χ0n) is 14.8. The molecule has 136 valence electrons. The smallest absolute Gasteiger partial charge is 0.249 e. The number of rotatable bonds is 6. The molecule has 1 aromatic carbocycles. The maximum Gasteiger partial charge on any atom is 0.249 e. The molecule has 1 amide bonds. The molecule has 6 heteroatoms. The second-order valence-electron chi connectivity index (χ2n) is 6.88. The standard InChI is InChI=1S/C20H23N3O3/c1-12(2)11-23-9-8-14-10-13(6-7-17(14)23)15-4-3-5-16(22-15)18(24)19(25)20(21)26/h3-10,12,18-19,24-25H,11H2,1-2H3,(H2,21,26)/t18-,19+/m0/s1. The average Bonchev–Trinajstić information content (AvgIpc) is 3.02. The van der Waals surface area contributed by atoms with Crippen LogP contribution in [-0.2, 0) is 11.3 Å². The number of pyridine rings is 1. The molecule has 2 atom stereocenters. The Hall–Kier alpha value is -2.70. The van der Waals surface area contributed by atoms with E-state index < -0.39 is 18.1 Å². The van der Waals surface area contributed by atoms with Crippen LogP contribution in [0.1, 0.15) is 25.6 Å². The quantitative estimate of drug-likeness (QED) is 0.632. The van der Waals surface area contributed by atoms with Crippen molar-refractivity contribution in [1.82, 2.24) is 9.55 Å². The van der Waals surface area contributed by atoms with Crippen LogP contribution in [0.25, 0.3) is 22.2 Å². The Labute approximate surface area is 151 Å². The van der Waals surface area contributed by atoms with Gasteiger partial charge in [-0.1, -0.05) is 26.0 Å². The molecule has 0 aliphatic carbocycles. The number of benzene rings is 1. The maximum absolute atomic E-state index is 11.1. The molecule has 3 rings (SSSR count). The van der Waals surface area contributed by atoms with Crippen molar-refractivity contribution in [2.75, 3.05) is 0 Å². The van der Waals surface area contributed by atoms with E-state index in [9.17, 15) is 15.0 Å². The summed E-state index contributed by atoms with van der Waals surface area (Å²) in [6.45, 7) is 5.32. The molecular formula is C20H23N3O3. The zero-order chi connectivity index (χ0) is 18.8. The lowest BCUT2D eigenvalue weighted by Gasteiger charge is -2.15. The number of carbonyl (C=O) groups is 1. The van der Waals surface area contributed by atoms with Crippen molar-refractivity contribution in [2.24, 2.45) is 11.7 Å². The first kappa shape index (κ1) is 18.1. The highest BCUT2D eigenvalue weighted by atomic mass is 16.3. The molecule has 0 fully saturated rings. The number of aliphatic hydroxyl groups is 2. The molecule has 0 spiro atoms. The molecule has 3 aromatic rings. The van der Waals surface area contributed by atoms with E-state index in [0.717, 1.165) is 23.0 Å². The van der Waals surface area contributed by atoms with Crippen LogP contribution in [0.15, 0.2) is 48.7 Å². The van der Waals surface area contributed by atoms with Crippen LogP contribution in [0.5, 0.6) is 0 Å². The molecule has 0 saturated carbocycles. The van der Waals surface area contributed by atoms with E-state index in [-0.39, 0.29) is 5.69 Å². The topological polar surface area (TPSA) is 101 Å². The van der Waals surface area contributed by atoms with Crippen LogP contribution < -0.4 is 5.73 Å². The first-order valence-corrected chi connectivity index (χ1v) is 8.58. The van der Waals surface area contributed by atoms with Gasteiger partial charge in [0.05, 0.1) is 11.4 Å². The normalized spacial score (nSPS) is 13.9. The highest BCUT2D eigenvalue weighted by molar-refractivity contribution is 5.85. The fraction of sp³-hybridized carbons (Fsp3) is 0.300. The number of hydrogen-bond donors (Lipinski definition) is 3. The first-order valence-electron chi connectivity index (χ1n) is 8.58. The van der Waals surface area contributed by atoms with E-state index in [1.807, 2.05) is 18.2 Å². The minimum atomic E-state index is -1.69. The van der Waals surface area contributed by atoms with Gasteiger partial charge in [-0.05, 0) is 36.2 Å². The van der Waals surface area contributed by atoms with Gasteiger partial charge in [-0.3, -0.25) is 4.79 Å². The fourth-order valence-corrected chi connectivity index (χ4v) is 3.01. The Kier molecular flexibility index (Phi) is 5.06. The minimum absolute atomic E-state index is 0.200. The summed E-state index contributed by atoms with van der Waals surface area (Å²) in [5.41, 5.74) is 7.94. The molecule has 6 nitrogen and oxygen atoms in total. The molecule has 0 aliphatic heterocycles. The van der Waals surface area contributed by atoms with Crippen LogP contribution in [-0.4, -0.2) is 31.8 Å². The van der Waals surface area contributed by atoms with Crippen molar-refractivity contribution in [1.29, 1.82) is 0 Å². The van der Waals surface area contributed by atoms with Crippen molar-refractivity contribution < 1.29 is 15.0 Å². The number of nitrogens with zero attached hydrogens (tertiary/aromatic N) is 2. The monoisotopic (exact) mass is 353 g/mol. The van der Waals surface area contributed by atoms with E-state index in [1.165, 1.54) is 0 Å². The predicted molar refractivity (Wildman–Crippen MR) is 100 cm³/mol. The number of carbonyl (C=O) groups excluding carboxylic acids is 1. The van der Waals surface area contributed by atoms with E-state index in [2.05, 4.69) is 41.7 Å². The van der Waals surface area contributed by atoms with Gasteiger partial charge in [-0.25, -0.2) is 4.98 Å². The average molecular weight is 353 g/mol. The van der Waals surface area contributed by atoms with Gasteiger partial charge in [0, 0.05) is 29.2 Å². The second-order valence-corrected chi connectivity index (χ2v) is 6.88. The van der Waals surface area contributed by atoms with Gasteiger partial charge in [0.25, 0.3) is 0 Å². The number of nitrogens with two attached hydrogens (primary N) is 1. The molecule has 4 N–H and O–H groups in total. The molecule has 0 unspecified atom stereocenters. The van der Waals surface area contributed by atoms with Crippen LogP contribution in [0.2, 0.25) is 0 Å². The van der Waals surface area contributed by atoms with Gasteiger partial charge < -0.3 is 20.5 Å². The molecule has 0 radical (unpaired) electrons. The number of hydrogen-bond acceptors (Lipinski definition) is 4. The number of primary amides is 1. The fourth-order valence-electron chi connectivity index (χ4n) is 3.01. The minimum Gasteiger partial charge on any atom is -0.384 e. The van der Waals surface area contributed by atoms with E-state index in [0.29, 0.717) is 11.6 Å². The summed E-state index contributed by atoms with van der Waals surface area (Å²) in [7, 11) is 0. The lowest BCUT2D eigenvalue weighted by atomic mass is 10.1. The lowest BCUT2D eigenvalue weighted by Crippen LogP contribution is -2.34. The molecule has 2 heterocycles. The molecule has 0 bridgehead atoms. The van der Waals surface area contributed by atoms with Gasteiger partial charge in [0.15, 0.2) is 6.10 Å². The Bertz CT molecular complexity index is 933. The van der Waals surface area contributed by atoms with Gasteiger partial charge in [0.1, 0.15) is 6.10 Å². The third-order valence-corrected chi connectivity index (χ3v) is 4.29. The van der Waals surface area contributed by atoms with E-state index in [4.69, 9.17) is 5.73 Å². The maximum atomic E-state index is 11.1. The first-order chi connectivity index (χ1) is 12.4. The summed E-state index contributed by atoms with van der Waals surface area (Å²) >= 11 is 0. The summed E-state index contributed by atoms with van der Waals surface area (Å²) < 4.78 is 2.22. The molecule has 2 aromatic heterocycles. The van der Waals surface area contributed by atoms with Crippen molar-refractivity contribution in [3.05, 3.63) is 54.4 Å². The Morgan fingerprint density at radius 2 is 1.96 bits per heavy atom. The third-order valence-electron chi connectivity index (χ3n) is 4.29. The van der Waals surface area contributed by atoms with Crippen molar-refractivity contribution in [3.63, 3.8) is 0 Å². The van der Waals surface area contributed by atoms with E-state index >= 15 is 0 Å². The summed E-state index contributed by atoms with van der Waals surface area (Å²) in [6, 6.07) is 13.2. The number of amides is 1. The summed E-state index contributed by atoms with van der Waals surface area (Å²) in [6.07, 6.45) is -1.07. The van der Waals surface area contributed by atoms with Crippen LogP contribution >= 0.6 is 0 Å². The lowest BCUT2D eigenvalue weighted by molar-refractivity contribution is -0.132. The van der Waals surface area contributed by atoms with Crippen molar-refractivity contribution >= 4 is 16.8 Å². The summed E-state index contributed by atoms with van der Waals surface area (Å²) in [5.74, 6) is -0.431. The number of fused-ring (bicyclic) bond motifs is 1. The van der Waals surface area contributed by atoms with E-state index in [1.54, 1.807) is 12.1 Å². The highest BCUT2D eigenvalue weighted by Crippen LogP contribution is 2.26. The Morgan fingerprint density at radius 1 is 1.19 bits per heavy atom. The summed E-state index contributed by atoms with van der Waals surface area (Å²) in [4.78, 5) is 15.5. The highest BCUT2D eigenvalue weighted by Gasteiger charge is 2.24. The van der Waals surface area contributed by atoms with Gasteiger partial charge in [-0.15, -0.1) is 0 Å². The molecule has 0 aliphatic rings. The predicted octanol–water partition coefficient (Wildman–Crippen LogP) is 2.24. The van der Waals surface area contributed by atoms with Gasteiger partial charge in [0.2, 0.25) is 5.91 Å². The SMILES string of the molecule is CC(C)Cn1ccc2cc(-c3cccc([C@H](O)[C@@H](O)C(N)=O)n3)ccc21. The van der Waals surface area contributed by atoms with Crippen molar-refractivity contribution in [3.8, 4) is 11.3 Å². The van der Waals surface area contributed by atoms with Gasteiger partial charge in [-0.2, -0.15) is 0 Å². The Morgan fingerprint density at radius 3 is 2.65 bits per heavy atom. The Balaban J connectivity index is 1.94. The van der Waals surface area contributed by atoms with Gasteiger partial charge >= 0.3 is 0 Å². The summed E-state index contributed by atoms with van der Waals surface area (Å²) in [5, 5.41) is 20.8. The van der Waals surface area contributed by atoms with Crippen molar-refractivity contribution in [2.45, 2.75) is 32.6 Å². The zero-order valence-corrected chi connectivity index (χ0v) is 14.8. The van der Waals surface area contributed by atoms with Crippen LogP contribution in [0.4, 0.5) is 0 Å². The third kappa shape index (κ3) is 3.61. The number of aromatic nitrogens is 2. The molecule has 26 heavy (non-hydrogen) atoms. The molecule has 0 saturated heterocycles. The largest absolute Gasteiger partial charge is 0.384 e. The number of aliphatic hydroxyl groups excluding tert-OH is 2. The second kappa shape index (κ2) is 7.27. The van der Waals surface area contributed by atoms with Crippen LogP contribution in [0.3, 0.4) is 0 Å². The van der Waals surface area contributed by atoms with Crippen LogP contribution in [0, 0.1) is 5.92 Å².